The molecule has 78 valence electrons. The molecular formula is C6H2Fe2N6O. The van der Waals surface area contributed by atoms with Gasteiger partial charge in [-0.1, -0.05) is 0 Å². The molecule has 0 unspecified atom stereocenters. The summed E-state index contributed by atoms with van der Waals surface area (Å²) in [5.41, 5.74) is 0. The van der Waals surface area contributed by atoms with Crippen LogP contribution in [0, 0.1) is 71.0 Å². The molecule has 0 heterocycles. The van der Waals surface area contributed by atoms with Crippen LogP contribution in [0.5, 0.6) is 0 Å². The normalized spacial score (nSPS) is 0.800. The van der Waals surface area contributed by atoms with Crippen molar-refractivity contribution < 1.29 is 39.6 Å². The van der Waals surface area contributed by atoms with Crippen LogP contribution in [0.3, 0.4) is 0 Å². The van der Waals surface area contributed by atoms with E-state index in [9.17, 15) is 0 Å². The monoisotopic (exact) mass is 286 g/mol. The van der Waals surface area contributed by atoms with E-state index < -0.39 is 0 Å². The summed E-state index contributed by atoms with van der Waals surface area (Å²) in [6.45, 7) is 28.5. The molecule has 0 aromatic carbocycles. The summed E-state index contributed by atoms with van der Waals surface area (Å²) < 4.78 is 0. The molecule has 0 aliphatic rings. The third kappa shape index (κ3) is 278. The maximum absolute atomic E-state index is 6.25. The van der Waals surface area contributed by atoms with Gasteiger partial charge < -0.3 is 76.5 Å². The Kier molecular flexibility index (Phi) is 2670. The summed E-state index contributed by atoms with van der Waals surface area (Å²) in [6, 6.07) is 0. The standard InChI is InChI=1S/6CN.2Fe.H2O/c6*1-2;;;/h;;;;;;;;1H2/q6*-1;+2;+4;. The van der Waals surface area contributed by atoms with E-state index in [1.807, 2.05) is 0 Å². The average molecular weight is 286 g/mol. The molecule has 0 bridgehead atoms. The van der Waals surface area contributed by atoms with E-state index >= 15 is 0 Å². The fraction of sp³-hybridized carbons (Fsp3) is 0. The molecule has 0 radical (unpaired) electrons. The Morgan fingerprint density at radius 2 is 0.400 bits per heavy atom. The second-order valence-electron chi connectivity index (χ2n) is 0. The van der Waals surface area contributed by atoms with Crippen molar-refractivity contribution in [2.45, 2.75) is 0 Å². The zero-order chi connectivity index (χ0) is 12.0. The molecule has 0 saturated heterocycles. The van der Waals surface area contributed by atoms with Crippen molar-refractivity contribution in [3.8, 4) is 0 Å². The SMILES string of the molecule is O.[C-]#N.[C-]#N.[C-]#N.[C-]#N.[C-]#N.[C-]#N.[Fe+2].[Fe+4]. The van der Waals surface area contributed by atoms with Crippen molar-refractivity contribution in [1.82, 2.24) is 0 Å². The van der Waals surface area contributed by atoms with Crippen molar-refractivity contribution in [3.05, 3.63) is 39.4 Å². The molecule has 0 spiro atoms. The van der Waals surface area contributed by atoms with Crippen molar-refractivity contribution in [2.24, 2.45) is 0 Å². The minimum atomic E-state index is 0. The quantitative estimate of drug-likeness (QED) is 0.437. The largest absolute Gasteiger partial charge is 4.00 e. The van der Waals surface area contributed by atoms with Crippen molar-refractivity contribution in [2.75, 3.05) is 0 Å². The van der Waals surface area contributed by atoms with E-state index in [0.29, 0.717) is 0 Å². The van der Waals surface area contributed by atoms with Gasteiger partial charge in [0.15, 0.2) is 0 Å². The van der Waals surface area contributed by atoms with Crippen LogP contribution >= 0.6 is 0 Å². The van der Waals surface area contributed by atoms with Crippen LogP contribution in [-0.4, -0.2) is 5.48 Å². The zero-order valence-electron chi connectivity index (χ0n) is 6.89. The van der Waals surface area contributed by atoms with Gasteiger partial charge in [0.25, 0.3) is 0 Å². The predicted molar refractivity (Wildman–Crippen MR) is 33.4 cm³/mol. The zero-order valence-corrected chi connectivity index (χ0v) is 9.10. The van der Waals surface area contributed by atoms with Crippen LogP contribution < -0.4 is 0 Å². The van der Waals surface area contributed by atoms with Crippen LogP contribution in [-0.2, 0) is 34.1 Å². The summed E-state index contributed by atoms with van der Waals surface area (Å²) >= 11 is 0. The maximum Gasteiger partial charge on any atom is 4.00 e. The Balaban J connectivity index is -0.00000000396. The van der Waals surface area contributed by atoms with Crippen LogP contribution in [0.2, 0.25) is 0 Å². The second kappa shape index (κ2) is 336. The summed E-state index contributed by atoms with van der Waals surface area (Å²) in [5.74, 6) is 0. The number of hydrogen-bond acceptors (Lipinski definition) is 6. The van der Waals surface area contributed by atoms with Gasteiger partial charge in [0.05, 0.1) is 0 Å². The van der Waals surface area contributed by atoms with Gasteiger partial charge in [-0.2, -0.15) is 0 Å². The summed E-state index contributed by atoms with van der Waals surface area (Å²) in [5, 5.41) is 37.5. The van der Waals surface area contributed by atoms with Gasteiger partial charge in [0.1, 0.15) is 0 Å². The summed E-state index contributed by atoms with van der Waals surface area (Å²) in [7, 11) is 0. The number of hydrogen-bond donors (Lipinski definition) is 0. The van der Waals surface area contributed by atoms with Gasteiger partial charge in [-0.3, -0.25) is 0 Å². The predicted octanol–water partition coefficient (Wildman–Crippen LogP) is -0.251. The van der Waals surface area contributed by atoms with Gasteiger partial charge >= 0.3 is 34.1 Å². The Bertz CT molecular complexity index is 101. The smallest absolute Gasteiger partial charge is 0.512 e. The molecule has 0 rings (SSSR count). The molecule has 0 amide bonds. The first-order chi connectivity index (χ1) is 6.00. The molecular weight excluding hydrogens is 284 g/mol. The first-order valence-corrected chi connectivity index (χ1v) is 1.34. The van der Waals surface area contributed by atoms with Crippen LogP contribution in [0.25, 0.3) is 0 Å². The molecule has 0 saturated carbocycles. The third-order valence-corrected chi connectivity index (χ3v) is 0. The summed E-state index contributed by atoms with van der Waals surface area (Å²) in [4.78, 5) is 0. The second-order valence-corrected chi connectivity index (χ2v) is 0. The fourth-order valence-electron chi connectivity index (χ4n) is 0. The van der Waals surface area contributed by atoms with E-state index in [4.69, 9.17) is 71.0 Å². The Morgan fingerprint density at radius 1 is 0.400 bits per heavy atom. The first kappa shape index (κ1) is 119. The van der Waals surface area contributed by atoms with E-state index in [1.165, 1.54) is 0 Å². The van der Waals surface area contributed by atoms with E-state index in [0.717, 1.165) is 0 Å². The molecule has 0 aromatic heterocycles. The molecule has 0 aromatic rings. The maximum atomic E-state index is 6.25. The van der Waals surface area contributed by atoms with Gasteiger partial charge in [-0.15, -0.1) is 0 Å². The summed E-state index contributed by atoms with van der Waals surface area (Å²) in [6.07, 6.45) is 0. The van der Waals surface area contributed by atoms with Gasteiger partial charge in [0, 0.05) is 0 Å². The fourth-order valence-corrected chi connectivity index (χ4v) is 0. The first-order valence-electron chi connectivity index (χ1n) is 1.34. The number of rotatable bonds is 0. The topological polar surface area (TPSA) is 174 Å². The Labute approximate surface area is 111 Å². The molecule has 7 nitrogen and oxygen atoms in total. The van der Waals surface area contributed by atoms with Crippen molar-refractivity contribution in [3.63, 3.8) is 0 Å². The van der Waals surface area contributed by atoms with Crippen LogP contribution in [0.1, 0.15) is 0 Å². The molecule has 2 N–H and O–H groups in total. The average Bonchev–Trinajstić information content (AvgIpc) is 2.33. The molecule has 0 aliphatic heterocycles. The minimum absolute atomic E-state index is 0. The van der Waals surface area contributed by atoms with E-state index in [-0.39, 0.29) is 39.6 Å². The molecule has 0 atom stereocenters. The van der Waals surface area contributed by atoms with Gasteiger partial charge in [-0.05, 0) is 0 Å². The van der Waals surface area contributed by atoms with Crippen LogP contribution in [0.15, 0.2) is 0 Å². The molecule has 9 heteroatoms. The van der Waals surface area contributed by atoms with Crippen molar-refractivity contribution in [1.29, 1.82) is 31.6 Å². The molecule has 15 heavy (non-hydrogen) atoms. The van der Waals surface area contributed by atoms with Crippen LogP contribution in [0.4, 0.5) is 0 Å². The van der Waals surface area contributed by atoms with Crippen molar-refractivity contribution >= 4 is 0 Å². The van der Waals surface area contributed by atoms with E-state index in [2.05, 4.69) is 0 Å². The number of nitrogens with zero attached hydrogens (tertiary/aromatic N) is 6. The third-order valence-electron chi connectivity index (χ3n) is 0. The minimum Gasteiger partial charge on any atom is -0.512 e. The molecule has 0 fully saturated rings. The molecule has 0 aliphatic carbocycles. The van der Waals surface area contributed by atoms with E-state index in [1.54, 1.807) is 0 Å². The van der Waals surface area contributed by atoms with Gasteiger partial charge in [-0.25, -0.2) is 0 Å². The Hall–Kier alpha value is -2.06. The Morgan fingerprint density at radius 3 is 0.400 bits per heavy atom. The van der Waals surface area contributed by atoms with Gasteiger partial charge in [0.2, 0.25) is 0 Å².